The molecule has 0 radical (unpaired) electrons. The number of anilines is 1. The lowest BCUT2D eigenvalue weighted by molar-refractivity contribution is 0.0547. The highest BCUT2D eigenvalue weighted by Gasteiger charge is 2.39. The van der Waals surface area contributed by atoms with Gasteiger partial charge in [0.25, 0.3) is 0 Å². The first-order valence-electron chi connectivity index (χ1n) is 13.6. The van der Waals surface area contributed by atoms with E-state index in [0.29, 0.717) is 29.3 Å². The van der Waals surface area contributed by atoms with E-state index < -0.39 is 26.0 Å². The molecule has 3 heterocycles. The second-order valence-corrected chi connectivity index (χ2v) is 17.6. The van der Waals surface area contributed by atoms with Gasteiger partial charge in [0.15, 0.2) is 0 Å². The number of pyridine rings is 1. The summed E-state index contributed by atoms with van der Waals surface area (Å²) in [6.07, 6.45) is 1.44. The maximum atomic E-state index is 15.7. The van der Waals surface area contributed by atoms with Crippen molar-refractivity contribution in [1.29, 1.82) is 0 Å². The molecule has 39 heavy (non-hydrogen) atoms. The fourth-order valence-electron chi connectivity index (χ4n) is 4.53. The summed E-state index contributed by atoms with van der Waals surface area (Å²) in [5.74, 6) is 0.593. The molecule has 212 valence electrons. The fourth-order valence-corrected chi connectivity index (χ4v) is 5.55. The van der Waals surface area contributed by atoms with Gasteiger partial charge < -0.3 is 18.8 Å². The summed E-state index contributed by atoms with van der Waals surface area (Å²) in [5.41, 5.74) is 0.479. The number of hydrogen-bond donors (Lipinski definition) is 0. The number of carbonyl (C=O) groups is 1. The van der Waals surface area contributed by atoms with Crippen molar-refractivity contribution < 1.29 is 23.1 Å². The number of carbonyl (C=O) groups excluding carboxylic acids is 1. The van der Waals surface area contributed by atoms with E-state index in [-0.39, 0.29) is 16.7 Å². The summed E-state index contributed by atoms with van der Waals surface area (Å²) in [4.78, 5) is 19.9. The van der Waals surface area contributed by atoms with Crippen molar-refractivity contribution in [2.24, 2.45) is 0 Å². The van der Waals surface area contributed by atoms with Gasteiger partial charge in [-0.15, -0.1) is 0 Å². The second kappa shape index (κ2) is 10.6. The molecule has 1 saturated heterocycles. The third-order valence-corrected chi connectivity index (χ3v) is 12.0. The molecule has 0 spiro atoms. The number of benzene rings is 1. The van der Waals surface area contributed by atoms with Gasteiger partial charge in [0, 0.05) is 31.7 Å². The predicted molar refractivity (Wildman–Crippen MR) is 157 cm³/mol. The Hall–Kier alpha value is -2.91. The van der Waals surface area contributed by atoms with E-state index >= 15 is 4.39 Å². The molecule has 0 N–H and O–H groups in total. The Morgan fingerprint density at radius 3 is 2.41 bits per heavy atom. The number of hydrogen-bond acceptors (Lipinski definition) is 6. The van der Waals surface area contributed by atoms with Gasteiger partial charge in [-0.05, 0) is 82.1 Å². The molecular formula is C30H42FN3O4Si. The van der Waals surface area contributed by atoms with E-state index in [9.17, 15) is 4.79 Å². The minimum atomic E-state index is -2.12. The topological polar surface area (TPSA) is 65.8 Å². The molecule has 1 atom stereocenters. The molecule has 0 bridgehead atoms. The number of fused-ring (bicyclic) bond motifs is 1. The highest BCUT2D eigenvalue weighted by Crippen LogP contribution is 2.39. The summed E-state index contributed by atoms with van der Waals surface area (Å²) >= 11 is 0. The van der Waals surface area contributed by atoms with Gasteiger partial charge >= 0.3 is 6.09 Å². The molecule has 4 rings (SSSR count). The second-order valence-electron chi connectivity index (χ2n) is 12.9. The predicted octanol–water partition coefficient (Wildman–Crippen LogP) is 7.62. The lowest BCUT2D eigenvalue weighted by Crippen LogP contribution is -2.43. The number of methoxy groups -OCH3 is 1. The Balaban J connectivity index is 1.79. The van der Waals surface area contributed by atoms with Crippen LogP contribution in [0.15, 0.2) is 36.4 Å². The first kappa shape index (κ1) is 29.1. The Labute approximate surface area is 232 Å². The lowest BCUT2D eigenvalue weighted by atomic mass is 10.1. The minimum absolute atomic E-state index is 0.00838. The molecule has 1 aliphatic heterocycles. The number of nitrogens with zero attached hydrogens (tertiary/aromatic N) is 3. The van der Waals surface area contributed by atoms with Crippen molar-refractivity contribution >= 4 is 31.1 Å². The fraction of sp³-hybridized carbons (Fsp3) is 0.533. The van der Waals surface area contributed by atoms with Crippen molar-refractivity contribution in [1.82, 2.24) is 9.55 Å². The van der Waals surface area contributed by atoms with E-state index in [0.717, 1.165) is 24.8 Å². The Kier molecular flexibility index (Phi) is 7.89. The van der Waals surface area contributed by atoms with Crippen LogP contribution in [-0.4, -0.2) is 55.9 Å². The molecule has 1 fully saturated rings. The summed E-state index contributed by atoms with van der Waals surface area (Å²) in [6.45, 7) is 17.8. The van der Waals surface area contributed by atoms with Crippen molar-refractivity contribution in [3.63, 3.8) is 0 Å². The van der Waals surface area contributed by atoms with Crippen LogP contribution in [0.2, 0.25) is 18.1 Å². The standard InChI is InChI=1S/C30H42FN3O4Si/c1-29(2,3)37-28(35)34-24-18-21(38-39(8,9)30(4,5)6)13-12-20(24)17-25(34)23-14-15-26(32-27(23)31)33-16-10-11-22(19-33)36-7/h12-15,17-18,22H,10-11,16,19H2,1-9H3/t22-/m0/s1. The maximum absolute atomic E-state index is 15.7. The van der Waals surface area contributed by atoms with Gasteiger partial charge in [0.2, 0.25) is 14.3 Å². The molecule has 2 aromatic heterocycles. The minimum Gasteiger partial charge on any atom is -0.543 e. The van der Waals surface area contributed by atoms with Crippen LogP contribution in [0.4, 0.5) is 15.0 Å². The van der Waals surface area contributed by atoms with Gasteiger partial charge in [-0.3, -0.25) is 0 Å². The molecule has 0 amide bonds. The van der Waals surface area contributed by atoms with Gasteiger partial charge in [-0.25, -0.2) is 14.3 Å². The van der Waals surface area contributed by atoms with Crippen LogP contribution in [0.5, 0.6) is 5.75 Å². The molecule has 3 aromatic rings. The van der Waals surface area contributed by atoms with E-state index in [4.69, 9.17) is 13.9 Å². The summed E-state index contributed by atoms with van der Waals surface area (Å²) in [6, 6.07) is 11.0. The molecule has 0 saturated carbocycles. The average molecular weight is 556 g/mol. The quantitative estimate of drug-likeness (QED) is 0.238. The third kappa shape index (κ3) is 6.30. The van der Waals surface area contributed by atoms with Gasteiger partial charge in [0.05, 0.1) is 22.9 Å². The number of halogens is 1. The van der Waals surface area contributed by atoms with Crippen LogP contribution < -0.4 is 9.33 Å². The molecular weight excluding hydrogens is 513 g/mol. The number of rotatable bonds is 5. The van der Waals surface area contributed by atoms with Crippen LogP contribution in [0, 0.1) is 5.95 Å². The zero-order valence-electron chi connectivity index (χ0n) is 24.7. The van der Waals surface area contributed by atoms with Crippen molar-refractivity contribution in [2.75, 3.05) is 25.1 Å². The molecule has 1 aromatic carbocycles. The molecule has 0 aliphatic carbocycles. The van der Waals surface area contributed by atoms with Crippen LogP contribution in [0.25, 0.3) is 22.2 Å². The van der Waals surface area contributed by atoms with E-state index in [1.54, 1.807) is 25.3 Å². The zero-order valence-corrected chi connectivity index (χ0v) is 25.7. The average Bonchev–Trinajstić information content (AvgIpc) is 3.20. The number of aromatic nitrogens is 2. The first-order chi connectivity index (χ1) is 18.1. The summed E-state index contributed by atoms with van der Waals surface area (Å²) in [7, 11) is -0.424. The highest BCUT2D eigenvalue weighted by atomic mass is 28.4. The van der Waals surface area contributed by atoms with Crippen LogP contribution in [-0.2, 0) is 9.47 Å². The van der Waals surface area contributed by atoms with Crippen LogP contribution >= 0.6 is 0 Å². The monoisotopic (exact) mass is 555 g/mol. The SMILES string of the molecule is CO[C@H]1CCCN(c2ccc(-c3cc4ccc(O[Si](C)(C)C(C)(C)C)cc4n3C(=O)OC(C)(C)C)c(F)n2)C1. The normalized spacial score (nSPS) is 17.0. The molecule has 7 nitrogen and oxygen atoms in total. The van der Waals surface area contributed by atoms with Gasteiger partial charge in [-0.2, -0.15) is 4.39 Å². The Morgan fingerprint density at radius 1 is 1.08 bits per heavy atom. The van der Waals surface area contributed by atoms with Crippen molar-refractivity contribution in [3.8, 4) is 17.0 Å². The molecule has 9 heteroatoms. The van der Waals surface area contributed by atoms with E-state index in [1.807, 2.05) is 43.9 Å². The summed E-state index contributed by atoms with van der Waals surface area (Å²) in [5, 5.41) is 0.787. The maximum Gasteiger partial charge on any atom is 0.419 e. The van der Waals surface area contributed by atoms with Crippen molar-refractivity contribution in [3.05, 3.63) is 42.3 Å². The van der Waals surface area contributed by atoms with E-state index in [1.165, 1.54) is 4.57 Å². The zero-order chi connectivity index (χ0) is 28.8. The van der Waals surface area contributed by atoms with Crippen LogP contribution in [0.3, 0.4) is 0 Å². The smallest absolute Gasteiger partial charge is 0.419 e. The third-order valence-electron chi connectivity index (χ3n) is 7.68. The van der Waals surface area contributed by atoms with Crippen molar-refractivity contribution in [2.45, 2.75) is 84.2 Å². The van der Waals surface area contributed by atoms with E-state index in [2.05, 4.69) is 38.8 Å². The summed E-state index contributed by atoms with van der Waals surface area (Å²) < 4.78 is 34.9. The highest BCUT2D eigenvalue weighted by molar-refractivity contribution is 6.74. The van der Waals surface area contributed by atoms with Gasteiger partial charge in [-0.1, -0.05) is 20.8 Å². The Morgan fingerprint density at radius 2 is 1.79 bits per heavy atom. The molecule has 1 aliphatic rings. The number of piperidine rings is 1. The number of ether oxygens (including phenoxy) is 2. The Bertz CT molecular complexity index is 1360. The lowest BCUT2D eigenvalue weighted by Gasteiger charge is -2.36. The van der Waals surface area contributed by atoms with Crippen LogP contribution in [0.1, 0.15) is 54.4 Å². The first-order valence-corrected chi connectivity index (χ1v) is 16.5. The van der Waals surface area contributed by atoms with Gasteiger partial charge in [0.1, 0.15) is 17.2 Å². The molecule has 0 unspecified atom stereocenters. The largest absolute Gasteiger partial charge is 0.543 e.